The Hall–Kier alpha value is -3.75. The number of halogens is 4. The van der Waals surface area contributed by atoms with E-state index in [1.54, 1.807) is 24.4 Å². The number of aromatic nitrogens is 3. The predicted molar refractivity (Wildman–Crippen MR) is 120 cm³/mol. The molecule has 1 N–H and O–H groups in total. The van der Waals surface area contributed by atoms with Crippen LogP contribution in [0.3, 0.4) is 0 Å². The van der Waals surface area contributed by atoms with Gasteiger partial charge in [0.15, 0.2) is 5.78 Å². The molecule has 9 heteroatoms. The van der Waals surface area contributed by atoms with Gasteiger partial charge in [-0.3, -0.25) is 14.9 Å². The molecule has 0 saturated carbocycles. The number of hydrogen-bond donors (Lipinski definition) is 1. The Balaban J connectivity index is 1.40. The van der Waals surface area contributed by atoms with E-state index in [4.69, 9.17) is 0 Å². The Kier molecular flexibility index (Phi) is 5.55. The Morgan fingerprint density at radius 3 is 2.47 bits per heavy atom. The second kappa shape index (κ2) is 8.55. The van der Waals surface area contributed by atoms with Gasteiger partial charge in [-0.1, -0.05) is 6.07 Å². The highest BCUT2D eigenvalue weighted by molar-refractivity contribution is 5.98. The van der Waals surface area contributed by atoms with Crippen LogP contribution in [-0.2, 0) is 6.18 Å². The lowest BCUT2D eigenvalue weighted by atomic mass is 9.88. The number of carbonyl (C=O) groups excluding carboxylic acids is 1. The van der Waals surface area contributed by atoms with Gasteiger partial charge in [0.2, 0.25) is 0 Å². The SMILES string of the molecule is O=C(c1ccc(F)cc1)C1CCN(c2ccnc3ccc(-c4cn[nH]c4C(F)(F)F)cc23)CC1. The monoisotopic (exact) mass is 468 g/mol. The molecular weight excluding hydrogens is 448 g/mol. The van der Waals surface area contributed by atoms with Gasteiger partial charge in [-0.25, -0.2) is 4.39 Å². The number of rotatable bonds is 4. The van der Waals surface area contributed by atoms with E-state index in [1.807, 2.05) is 11.2 Å². The highest BCUT2D eigenvalue weighted by Crippen LogP contribution is 2.38. The van der Waals surface area contributed by atoms with Crippen LogP contribution in [0.2, 0.25) is 0 Å². The third-order valence-electron chi connectivity index (χ3n) is 6.29. The molecule has 5 nitrogen and oxygen atoms in total. The molecule has 2 aromatic heterocycles. The lowest BCUT2D eigenvalue weighted by Gasteiger charge is -2.33. The van der Waals surface area contributed by atoms with Crippen molar-refractivity contribution in [3.05, 3.63) is 78.0 Å². The van der Waals surface area contributed by atoms with Crippen LogP contribution in [0, 0.1) is 11.7 Å². The maximum absolute atomic E-state index is 13.4. The van der Waals surface area contributed by atoms with Crippen LogP contribution in [0.15, 0.2) is 60.9 Å². The minimum atomic E-state index is -4.54. The summed E-state index contributed by atoms with van der Waals surface area (Å²) in [4.78, 5) is 19.3. The predicted octanol–water partition coefficient (Wildman–Crippen LogP) is 5.88. The molecule has 1 saturated heterocycles. The molecule has 0 unspecified atom stereocenters. The number of nitrogens with one attached hydrogen (secondary N) is 1. The van der Waals surface area contributed by atoms with Gasteiger partial charge in [0.05, 0.1) is 11.7 Å². The lowest BCUT2D eigenvalue weighted by Crippen LogP contribution is -2.36. The number of ketones is 1. The fraction of sp³-hybridized carbons (Fsp3) is 0.240. The standard InChI is InChI=1S/C25H20F4N4O/c26-18-4-1-15(2-5-18)23(34)16-8-11-33(12-9-16)22-7-10-30-21-6-3-17(13-19(21)22)20-14-31-32-24(20)25(27,28)29/h1-7,10,13-14,16H,8-9,11-12H2,(H,31,32). The molecule has 34 heavy (non-hydrogen) atoms. The number of alkyl halides is 3. The van der Waals surface area contributed by atoms with E-state index in [2.05, 4.69) is 15.0 Å². The molecule has 4 aromatic rings. The van der Waals surface area contributed by atoms with E-state index >= 15 is 0 Å². The van der Waals surface area contributed by atoms with Crippen LogP contribution in [0.5, 0.6) is 0 Å². The van der Waals surface area contributed by atoms with Crippen LogP contribution in [0.25, 0.3) is 22.0 Å². The fourth-order valence-corrected chi connectivity index (χ4v) is 4.53. The van der Waals surface area contributed by atoms with E-state index in [0.29, 0.717) is 42.6 Å². The van der Waals surface area contributed by atoms with Crippen molar-refractivity contribution in [1.29, 1.82) is 0 Å². The number of pyridine rings is 1. The first-order chi connectivity index (χ1) is 16.3. The van der Waals surface area contributed by atoms with Gasteiger partial charge in [0.1, 0.15) is 11.5 Å². The summed E-state index contributed by atoms with van der Waals surface area (Å²) in [6.07, 6.45) is -0.449. The largest absolute Gasteiger partial charge is 0.433 e. The summed E-state index contributed by atoms with van der Waals surface area (Å²) in [6, 6.07) is 12.4. The molecule has 0 atom stereocenters. The van der Waals surface area contributed by atoms with Gasteiger partial charge in [0, 0.05) is 47.4 Å². The van der Waals surface area contributed by atoms with Crippen molar-refractivity contribution in [2.24, 2.45) is 5.92 Å². The summed E-state index contributed by atoms with van der Waals surface area (Å²) in [5, 5.41) is 6.37. The van der Waals surface area contributed by atoms with Crippen LogP contribution in [-0.4, -0.2) is 34.1 Å². The minimum absolute atomic E-state index is 0.00107. The van der Waals surface area contributed by atoms with E-state index in [1.165, 1.54) is 30.5 Å². The number of Topliss-reactive ketones (excluding diaryl/α,β-unsaturated/α-hetero) is 1. The zero-order chi connectivity index (χ0) is 23.9. The number of aromatic amines is 1. The first-order valence-corrected chi connectivity index (χ1v) is 10.9. The van der Waals surface area contributed by atoms with E-state index in [0.717, 1.165) is 11.1 Å². The zero-order valence-electron chi connectivity index (χ0n) is 17.9. The summed E-state index contributed by atoms with van der Waals surface area (Å²) in [5.74, 6) is -0.542. The average molecular weight is 468 g/mol. The zero-order valence-corrected chi connectivity index (χ0v) is 17.9. The van der Waals surface area contributed by atoms with Crippen molar-refractivity contribution in [3.63, 3.8) is 0 Å². The number of fused-ring (bicyclic) bond motifs is 1. The first-order valence-electron chi connectivity index (χ1n) is 10.9. The molecule has 1 fully saturated rings. The molecule has 0 spiro atoms. The van der Waals surface area contributed by atoms with E-state index in [-0.39, 0.29) is 23.1 Å². The second-order valence-electron chi connectivity index (χ2n) is 8.35. The van der Waals surface area contributed by atoms with Gasteiger partial charge in [0.25, 0.3) is 0 Å². The maximum atomic E-state index is 13.4. The second-order valence-corrected chi connectivity index (χ2v) is 8.35. The molecule has 0 aliphatic carbocycles. The normalized spacial score (nSPS) is 15.1. The molecule has 3 heterocycles. The number of carbonyl (C=O) groups is 1. The topological polar surface area (TPSA) is 61.9 Å². The minimum Gasteiger partial charge on any atom is -0.371 e. The summed E-state index contributed by atoms with van der Waals surface area (Å²) >= 11 is 0. The summed E-state index contributed by atoms with van der Waals surface area (Å²) < 4.78 is 53.2. The van der Waals surface area contributed by atoms with Crippen LogP contribution in [0.1, 0.15) is 28.9 Å². The van der Waals surface area contributed by atoms with Crippen molar-refractivity contribution in [2.45, 2.75) is 19.0 Å². The van der Waals surface area contributed by atoms with E-state index in [9.17, 15) is 22.4 Å². The van der Waals surface area contributed by atoms with Crippen LogP contribution >= 0.6 is 0 Å². The summed E-state index contributed by atoms with van der Waals surface area (Å²) in [5.41, 5.74) is 1.51. The molecule has 0 radical (unpaired) electrons. The molecule has 5 rings (SSSR count). The number of hydrogen-bond acceptors (Lipinski definition) is 4. The smallest absolute Gasteiger partial charge is 0.371 e. The molecular formula is C25H20F4N4O. The van der Waals surface area contributed by atoms with Gasteiger partial charge < -0.3 is 4.90 Å². The van der Waals surface area contributed by atoms with Gasteiger partial charge >= 0.3 is 6.18 Å². The molecule has 0 bridgehead atoms. The number of nitrogens with zero attached hydrogens (tertiary/aromatic N) is 3. The molecule has 1 aliphatic heterocycles. The molecule has 1 aliphatic rings. The third-order valence-corrected chi connectivity index (χ3v) is 6.29. The quantitative estimate of drug-likeness (QED) is 0.300. The number of piperidine rings is 1. The number of benzene rings is 2. The highest BCUT2D eigenvalue weighted by atomic mass is 19.4. The average Bonchev–Trinajstić information content (AvgIpc) is 3.34. The molecule has 174 valence electrons. The summed E-state index contributed by atoms with van der Waals surface area (Å²) in [6.45, 7) is 1.22. The fourth-order valence-electron chi connectivity index (χ4n) is 4.53. The third kappa shape index (κ3) is 4.13. The van der Waals surface area contributed by atoms with Gasteiger partial charge in [-0.05, 0) is 60.9 Å². The molecule has 0 amide bonds. The lowest BCUT2D eigenvalue weighted by molar-refractivity contribution is -0.140. The van der Waals surface area contributed by atoms with Crippen molar-refractivity contribution in [1.82, 2.24) is 15.2 Å². The maximum Gasteiger partial charge on any atom is 0.433 e. The van der Waals surface area contributed by atoms with Gasteiger partial charge in [-0.15, -0.1) is 0 Å². The number of anilines is 1. The Bertz CT molecular complexity index is 1340. The van der Waals surface area contributed by atoms with E-state index < -0.39 is 11.9 Å². The molecule has 2 aromatic carbocycles. The van der Waals surface area contributed by atoms with Crippen molar-refractivity contribution in [2.75, 3.05) is 18.0 Å². The highest BCUT2D eigenvalue weighted by Gasteiger charge is 2.36. The number of H-pyrrole nitrogens is 1. The van der Waals surface area contributed by atoms with Crippen LogP contribution in [0.4, 0.5) is 23.2 Å². The van der Waals surface area contributed by atoms with Crippen molar-refractivity contribution >= 4 is 22.4 Å². The van der Waals surface area contributed by atoms with Crippen molar-refractivity contribution < 1.29 is 22.4 Å². The Morgan fingerprint density at radius 2 is 1.76 bits per heavy atom. The van der Waals surface area contributed by atoms with Crippen molar-refractivity contribution in [3.8, 4) is 11.1 Å². The van der Waals surface area contributed by atoms with Gasteiger partial charge in [-0.2, -0.15) is 18.3 Å². The Labute approximate surface area is 192 Å². The Morgan fingerprint density at radius 1 is 1.03 bits per heavy atom. The summed E-state index contributed by atoms with van der Waals surface area (Å²) in [7, 11) is 0. The van der Waals surface area contributed by atoms with Crippen LogP contribution < -0.4 is 4.90 Å². The first kappa shape index (κ1) is 22.1.